The van der Waals surface area contributed by atoms with E-state index in [4.69, 9.17) is 0 Å². The minimum atomic E-state index is -0.339. The quantitative estimate of drug-likeness (QED) is 0.534. The van der Waals surface area contributed by atoms with Crippen molar-refractivity contribution in [1.29, 1.82) is 0 Å². The summed E-state index contributed by atoms with van der Waals surface area (Å²) in [7, 11) is 0. The molecule has 0 bridgehead atoms. The number of anilines is 1. The van der Waals surface area contributed by atoms with E-state index in [0.29, 0.717) is 22.4 Å². The van der Waals surface area contributed by atoms with E-state index in [-0.39, 0.29) is 17.8 Å². The summed E-state index contributed by atoms with van der Waals surface area (Å²) in [4.78, 5) is 21.1. The van der Waals surface area contributed by atoms with E-state index in [1.807, 2.05) is 36.4 Å². The van der Waals surface area contributed by atoms with Gasteiger partial charge in [-0.1, -0.05) is 42.5 Å². The van der Waals surface area contributed by atoms with Crippen LogP contribution in [0, 0.1) is 6.92 Å². The number of aromatic nitrogens is 2. The first-order chi connectivity index (χ1) is 12.7. The van der Waals surface area contributed by atoms with Crippen LogP contribution >= 0.6 is 0 Å². The minimum absolute atomic E-state index is 0.0427. The molecule has 2 atom stereocenters. The zero-order valence-corrected chi connectivity index (χ0v) is 14.4. The zero-order chi connectivity index (χ0) is 17.9. The van der Waals surface area contributed by atoms with E-state index >= 15 is 0 Å². The largest absolute Gasteiger partial charge is 0.314 e. The fraction of sp³-hybridized carbons (Fsp3) is 0.211. The lowest BCUT2D eigenvalue weighted by atomic mass is 10.1. The highest BCUT2D eigenvalue weighted by molar-refractivity contribution is 5.74. The molecule has 0 radical (unpaired) electrons. The minimum Gasteiger partial charge on any atom is -0.314 e. The summed E-state index contributed by atoms with van der Waals surface area (Å²) in [5, 5.41) is 0. The Balaban J connectivity index is 1.49. The number of benzene rings is 2. The second kappa shape index (κ2) is 7.17. The summed E-state index contributed by atoms with van der Waals surface area (Å²) in [6.45, 7) is 1.80. The molecule has 1 saturated heterocycles. The van der Waals surface area contributed by atoms with Gasteiger partial charge in [-0.3, -0.25) is 4.79 Å². The Bertz CT molecular complexity index is 978. The van der Waals surface area contributed by atoms with Gasteiger partial charge in [0, 0.05) is 6.04 Å². The molecule has 26 heavy (non-hydrogen) atoms. The van der Waals surface area contributed by atoms with Crippen molar-refractivity contribution in [3.8, 4) is 0 Å². The van der Waals surface area contributed by atoms with E-state index in [1.165, 1.54) is 5.56 Å². The van der Waals surface area contributed by atoms with E-state index in [2.05, 4.69) is 43.8 Å². The van der Waals surface area contributed by atoms with Crippen molar-refractivity contribution >= 4 is 16.7 Å². The average Bonchev–Trinajstić information content (AvgIpc) is 3.09. The first-order valence-corrected chi connectivity index (χ1v) is 8.56. The molecule has 1 aromatic heterocycles. The van der Waals surface area contributed by atoms with Crippen molar-refractivity contribution in [1.82, 2.24) is 26.2 Å². The predicted octanol–water partition coefficient (Wildman–Crippen LogP) is 1.78. The Hall–Kier alpha value is -2.87. The summed E-state index contributed by atoms with van der Waals surface area (Å²) in [6, 6.07) is 17.8. The fourth-order valence-corrected chi connectivity index (χ4v) is 3.07. The van der Waals surface area contributed by atoms with Gasteiger partial charge in [0.05, 0.1) is 22.9 Å². The molecule has 0 saturated carbocycles. The monoisotopic (exact) mass is 348 g/mol. The number of para-hydroxylation sites is 2. The van der Waals surface area contributed by atoms with Crippen LogP contribution in [0.4, 0.5) is 5.69 Å². The first kappa shape index (κ1) is 16.6. The second-order valence-corrected chi connectivity index (χ2v) is 6.29. The predicted molar refractivity (Wildman–Crippen MR) is 101 cm³/mol. The highest BCUT2D eigenvalue weighted by Crippen LogP contribution is 2.20. The average molecular weight is 348 g/mol. The number of aryl methyl sites for hydroxylation is 1. The normalized spacial score (nSPS) is 19.6. The Morgan fingerprint density at radius 3 is 2.42 bits per heavy atom. The number of hydrogen-bond donors (Lipinski definition) is 4. The number of nitrogens with zero attached hydrogens (tertiary/aromatic N) is 2. The zero-order valence-electron chi connectivity index (χ0n) is 14.4. The number of fused-ring (bicyclic) bond motifs is 1. The van der Waals surface area contributed by atoms with Crippen LogP contribution < -0.4 is 27.3 Å². The topological polar surface area (TPSA) is 91.0 Å². The lowest BCUT2D eigenvalue weighted by Crippen LogP contribution is -2.44. The van der Waals surface area contributed by atoms with E-state index in [9.17, 15) is 4.79 Å². The molecule has 1 fully saturated rings. The van der Waals surface area contributed by atoms with Crippen molar-refractivity contribution < 1.29 is 0 Å². The van der Waals surface area contributed by atoms with Gasteiger partial charge in [-0.15, -0.1) is 0 Å². The first-order valence-electron chi connectivity index (χ1n) is 8.56. The van der Waals surface area contributed by atoms with Gasteiger partial charge in [-0.2, -0.15) is 0 Å². The van der Waals surface area contributed by atoms with Gasteiger partial charge in [0.15, 0.2) is 0 Å². The smallest absolute Gasteiger partial charge is 0.296 e. The highest BCUT2D eigenvalue weighted by atomic mass is 16.1. The van der Waals surface area contributed by atoms with Gasteiger partial charge in [0.25, 0.3) is 5.56 Å². The Kier molecular flexibility index (Phi) is 4.57. The molecule has 2 unspecified atom stereocenters. The molecule has 1 aliphatic rings. The number of hydrazine groups is 2. The molecule has 132 valence electrons. The highest BCUT2D eigenvalue weighted by Gasteiger charge is 2.24. The van der Waals surface area contributed by atoms with Crippen molar-refractivity contribution in [2.45, 2.75) is 25.6 Å². The molecule has 0 spiro atoms. The van der Waals surface area contributed by atoms with Gasteiger partial charge in [-0.05, 0) is 31.0 Å². The van der Waals surface area contributed by atoms with Gasteiger partial charge in [0.2, 0.25) is 0 Å². The van der Waals surface area contributed by atoms with Crippen LogP contribution in [0.5, 0.6) is 0 Å². The summed E-state index contributed by atoms with van der Waals surface area (Å²) in [5.41, 5.74) is 15.7. The Morgan fingerprint density at radius 1 is 0.962 bits per heavy atom. The molecule has 4 N–H and O–H groups in total. The molecule has 4 rings (SSSR count). The Morgan fingerprint density at radius 2 is 1.65 bits per heavy atom. The fourth-order valence-electron chi connectivity index (χ4n) is 3.07. The summed E-state index contributed by atoms with van der Waals surface area (Å²) < 4.78 is 0. The van der Waals surface area contributed by atoms with E-state index < -0.39 is 0 Å². The lowest BCUT2D eigenvalue weighted by molar-refractivity contribution is 0.491. The van der Waals surface area contributed by atoms with Crippen molar-refractivity contribution in [2.24, 2.45) is 0 Å². The van der Waals surface area contributed by atoms with Crippen LogP contribution in [0.2, 0.25) is 0 Å². The SMILES string of the molecule is Cc1nc2ccccc2nc(=O)c1NNC1CC(c2ccccc2)NN1. The third kappa shape index (κ3) is 3.41. The number of nitrogens with one attached hydrogen (secondary N) is 4. The maximum atomic E-state index is 12.5. The maximum absolute atomic E-state index is 12.5. The summed E-state index contributed by atoms with van der Waals surface area (Å²) in [5.74, 6) is 0. The summed E-state index contributed by atoms with van der Waals surface area (Å²) in [6.07, 6.45) is 0.783. The standard InChI is InChI=1S/C19H20N6O/c1-12-18(19(26)21-15-10-6-5-9-14(15)20-12)25-24-17-11-16(22-23-17)13-7-3-2-4-8-13/h2-10,16-17,22-24H,11H2,1H3,(H,21,25,26). The van der Waals surface area contributed by atoms with E-state index in [1.54, 1.807) is 13.0 Å². The lowest BCUT2D eigenvalue weighted by Gasteiger charge is -2.13. The van der Waals surface area contributed by atoms with Crippen molar-refractivity contribution in [3.63, 3.8) is 0 Å². The van der Waals surface area contributed by atoms with Crippen LogP contribution in [-0.2, 0) is 0 Å². The van der Waals surface area contributed by atoms with Crippen LogP contribution in [0.25, 0.3) is 11.0 Å². The second-order valence-electron chi connectivity index (χ2n) is 6.29. The van der Waals surface area contributed by atoms with E-state index in [0.717, 1.165) is 6.42 Å². The molecule has 3 aromatic rings. The molecular formula is C19H20N6O. The molecule has 0 amide bonds. The molecule has 7 heteroatoms. The summed E-state index contributed by atoms with van der Waals surface area (Å²) >= 11 is 0. The van der Waals surface area contributed by atoms with Crippen LogP contribution in [0.3, 0.4) is 0 Å². The third-order valence-electron chi connectivity index (χ3n) is 4.44. The number of hydrogen-bond acceptors (Lipinski definition) is 7. The van der Waals surface area contributed by atoms with Gasteiger partial charge in [-0.25, -0.2) is 26.2 Å². The number of rotatable bonds is 4. The van der Waals surface area contributed by atoms with Gasteiger partial charge in [0.1, 0.15) is 5.69 Å². The van der Waals surface area contributed by atoms with Crippen LogP contribution in [0.1, 0.15) is 23.7 Å². The molecule has 7 nitrogen and oxygen atoms in total. The van der Waals surface area contributed by atoms with Crippen LogP contribution in [0.15, 0.2) is 59.4 Å². The molecule has 2 heterocycles. The van der Waals surface area contributed by atoms with Gasteiger partial charge < -0.3 is 5.43 Å². The molecular weight excluding hydrogens is 328 g/mol. The Labute approximate surface area is 150 Å². The van der Waals surface area contributed by atoms with Crippen molar-refractivity contribution in [3.05, 3.63) is 76.2 Å². The maximum Gasteiger partial charge on any atom is 0.296 e. The van der Waals surface area contributed by atoms with Crippen LogP contribution in [-0.4, -0.2) is 16.1 Å². The third-order valence-corrected chi connectivity index (χ3v) is 4.44. The van der Waals surface area contributed by atoms with Crippen molar-refractivity contribution in [2.75, 3.05) is 5.43 Å². The molecule has 2 aromatic carbocycles. The van der Waals surface area contributed by atoms with Gasteiger partial charge >= 0.3 is 0 Å². The molecule has 0 aliphatic carbocycles. The molecule has 1 aliphatic heterocycles.